The lowest BCUT2D eigenvalue weighted by atomic mass is 10.2. The molecule has 2 rings (SSSR count). The van der Waals surface area contributed by atoms with Crippen LogP contribution in [0.3, 0.4) is 0 Å². The molecule has 0 amide bonds. The lowest BCUT2D eigenvalue weighted by molar-refractivity contribution is -0.138. The predicted octanol–water partition coefficient (Wildman–Crippen LogP) is 2.48. The summed E-state index contributed by atoms with van der Waals surface area (Å²) in [7, 11) is 2.44. The highest BCUT2D eigenvalue weighted by atomic mass is 35.5. The maximum Gasteiger partial charge on any atom is 0.354 e. The van der Waals surface area contributed by atoms with Crippen LogP contribution in [0.15, 0.2) is 42.1 Å². The number of hydrogen-bond acceptors (Lipinski definition) is 6. The number of nitrogens with one attached hydrogen (secondary N) is 1. The van der Waals surface area contributed by atoms with Gasteiger partial charge in [-0.05, 0) is 37.3 Å². The van der Waals surface area contributed by atoms with Gasteiger partial charge >= 0.3 is 11.9 Å². The standard InChI is InChI=1S/C16H16ClN3O4/c1-10-8-14(17)20(19-10)12-6-4-11(5-7-12)18-13(16(22)24-3)9-15(21)23-2/h4-9,18H,1-3H3/b13-9+. The molecule has 0 unspecified atom stereocenters. The third kappa shape index (κ3) is 4.14. The molecule has 0 spiro atoms. The number of ether oxygens (including phenoxy) is 2. The van der Waals surface area contributed by atoms with Gasteiger partial charge in [0, 0.05) is 5.69 Å². The van der Waals surface area contributed by atoms with Crippen LogP contribution in [0.25, 0.3) is 5.69 Å². The average Bonchev–Trinajstić information content (AvgIpc) is 2.92. The number of halogens is 1. The minimum absolute atomic E-state index is 0.0370. The van der Waals surface area contributed by atoms with Gasteiger partial charge in [-0.1, -0.05) is 11.6 Å². The van der Waals surface area contributed by atoms with E-state index in [4.69, 9.17) is 11.6 Å². The molecule has 1 heterocycles. The summed E-state index contributed by atoms with van der Waals surface area (Å²) in [5.41, 5.74) is 2.11. The number of esters is 2. The van der Waals surface area contributed by atoms with E-state index >= 15 is 0 Å². The Hall–Kier alpha value is -2.80. The van der Waals surface area contributed by atoms with Crippen molar-refractivity contribution in [3.63, 3.8) is 0 Å². The second kappa shape index (κ2) is 7.65. The summed E-state index contributed by atoms with van der Waals surface area (Å²) in [4.78, 5) is 23.1. The van der Waals surface area contributed by atoms with Crippen molar-refractivity contribution >= 4 is 29.2 Å². The zero-order chi connectivity index (χ0) is 17.7. The molecule has 1 aromatic carbocycles. The van der Waals surface area contributed by atoms with E-state index in [1.165, 1.54) is 14.2 Å². The Kier molecular flexibility index (Phi) is 5.59. The average molecular weight is 350 g/mol. The van der Waals surface area contributed by atoms with Gasteiger partial charge in [0.05, 0.1) is 31.7 Å². The van der Waals surface area contributed by atoms with Gasteiger partial charge in [0.25, 0.3) is 0 Å². The first-order valence-electron chi connectivity index (χ1n) is 6.92. The van der Waals surface area contributed by atoms with Crippen molar-refractivity contribution in [3.05, 3.63) is 53.0 Å². The van der Waals surface area contributed by atoms with Crippen LogP contribution in [0.5, 0.6) is 0 Å². The monoisotopic (exact) mass is 349 g/mol. The summed E-state index contributed by atoms with van der Waals surface area (Å²) in [5, 5.41) is 7.59. The third-order valence-corrected chi connectivity index (χ3v) is 3.32. The molecule has 0 saturated carbocycles. The van der Waals surface area contributed by atoms with Crippen LogP contribution in [0, 0.1) is 6.92 Å². The Morgan fingerprint density at radius 1 is 1.21 bits per heavy atom. The topological polar surface area (TPSA) is 82.5 Å². The van der Waals surface area contributed by atoms with E-state index in [-0.39, 0.29) is 5.70 Å². The molecular formula is C16H16ClN3O4. The molecule has 0 aliphatic rings. The zero-order valence-electron chi connectivity index (χ0n) is 13.4. The highest BCUT2D eigenvalue weighted by Gasteiger charge is 2.13. The van der Waals surface area contributed by atoms with Crippen LogP contribution < -0.4 is 5.32 Å². The van der Waals surface area contributed by atoms with Crippen LogP contribution in [0.1, 0.15) is 5.69 Å². The van der Waals surface area contributed by atoms with E-state index in [2.05, 4.69) is 19.9 Å². The van der Waals surface area contributed by atoms with Crippen molar-refractivity contribution in [1.29, 1.82) is 0 Å². The number of benzene rings is 1. The van der Waals surface area contributed by atoms with Gasteiger partial charge in [-0.15, -0.1) is 0 Å². The van der Waals surface area contributed by atoms with E-state index < -0.39 is 11.9 Å². The van der Waals surface area contributed by atoms with Crippen LogP contribution in [-0.2, 0) is 19.1 Å². The Morgan fingerprint density at radius 3 is 2.38 bits per heavy atom. The Balaban J connectivity index is 2.23. The van der Waals surface area contributed by atoms with E-state index in [9.17, 15) is 9.59 Å². The Labute approximate surface area is 143 Å². The van der Waals surface area contributed by atoms with Crippen molar-refractivity contribution in [2.24, 2.45) is 0 Å². The smallest absolute Gasteiger partial charge is 0.354 e. The second-order valence-corrected chi connectivity index (χ2v) is 5.15. The first-order valence-corrected chi connectivity index (χ1v) is 7.30. The van der Waals surface area contributed by atoms with E-state index in [0.29, 0.717) is 10.8 Å². The Bertz CT molecular complexity index is 781. The highest BCUT2D eigenvalue weighted by Crippen LogP contribution is 2.20. The molecule has 0 radical (unpaired) electrons. The van der Waals surface area contributed by atoms with Gasteiger partial charge in [-0.2, -0.15) is 5.10 Å². The number of hydrogen-bond donors (Lipinski definition) is 1. The third-order valence-electron chi connectivity index (χ3n) is 3.05. The van der Waals surface area contributed by atoms with E-state index in [1.54, 1.807) is 35.0 Å². The van der Waals surface area contributed by atoms with Crippen molar-refractivity contribution < 1.29 is 19.1 Å². The van der Waals surface area contributed by atoms with Gasteiger partial charge < -0.3 is 14.8 Å². The number of aryl methyl sites for hydroxylation is 1. The summed E-state index contributed by atoms with van der Waals surface area (Å²) in [5.74, 6) is -1.35. The number of aromatic nitrogens is 2. The van der Waals surface area contributed by atoms with Gasteiger partial charge in [-0.3, -0.25) is 0 Å². The minimum Gasteiger partial charge on any atom is -0.466 e. The molecule has 0 bridgehead atoms. The molecule has 0 atom stereocenters. The molecule has 8 heteroatoms. The fourth-order valence-corrected chi connectivity index (χ4v) is 2.22. The van der Waals surface area contributed by atoms with Crippen LogP contribution in [0.2, 0.25) is 5.15 Å². The van der Waals surface area contributed by atoms with Crippen molar-refractivity contribution in [3.8, 4) is 5.69 Å². The molecule has 1 aromatic heterocycles. The molecule has 0 saturated heterocycles. The zero-order valence-corrected chi connectivity index (χ0v) is 14.1. The summed E-state index contributed by atoms with van der Waals surface area (Å²) in [6.07, 6.45) is 1.02. The quantitative estimate of drug-likeness (QED) is 0.659. The lowest BCUT2D eigenvalue weighted by Gasteiger charge is -2.10. The second-order valence-electron chi connectivity index (χ2n) is 4.76. The van der Waals surface area contributed by atoms with Gasteiger partial charge in [0.15, 0.2) is 0 Å². The first kappa shape index (κ1) is 17.6. The first-order chi connectivity index (χ1) is 11.4. The number of carbonyl (C=O) groups excluding carboxylic acids is 2. The van der Waals surface area contributed by atoms with Gasteiger partial charge in [0.1, 0.15) is 10.9 Å². The lowest BCUT2D eigenvalue weighted by Crippen LogP contribution is -2.15. The van der Waals surface area contributed by atoms with E-state index in [0.717, 1.165) is 17.5 Å². The SMILES string of the molecule is COC(=O)/C=C(/Nc1ccc(-n2nc(C)cc2Cl)cc1)C(=O)OC. The number of nitrogens with zero attached hydrogens (tertiary/aromatic N) is 2. The van der Waals surface area contributed by atoms with Gasteiger partial charge in [-0.25, -0.2) is 14.3 Å². The van der Waals surface area contributed by atoms with Crippen LogP contribution in [-0.4, -0.2) is 35.9 Å². The normalized spacial score (nSPS) is 11.1. The summed E-state index contributed by atoms with van der Waals surface area (Å²) < 4.78 is 10.7. The molecule has 7 nitrogen and oxygen atoms in total. The van der Waals surface area contributed by atoms with Crippen molar-refractivity contribution in [1.82, 2.24) is 9.78 Å². The van der Waals surface area contributed by atoms with E-state index in [1.807, 2.05) is 6.92 Å². The van der Waals surface area contributed by atoms with Gasteiger partial charge in [0.2, 0.25) is 0 Å². The Morgan fingerprint density at radius 2 is 1.88 bits per heavy atom. The molecule has 1 N–H and O–H groups in total. The number of carbonyl (C=O) groups is 2. The molecule has 0 aliphatic carbocycles. The number of rotatable bonds is 5. The molecule has 0 fully saturated rings. The highest BCUT2D eigenvalue weighted by molar-refractivity contribution is 6.29. The van der Waals surface area contributed by atoms with Crippen molar-refractivity contribution in [2.75, 3.05) is 19.5 Å². The summed E-state index contributed by atoms with van der Waals surface area (Å²) in [6.45, 7) is 1.85. The predicted molar refractivity (Wildman–Crippen MR) is 89.0 cm³/mol. The van der Waals surface area contributed by atoms with Crippen LogP contribution in [0.4, 0.5) is 5.69 Å². The largest absolute Gasteiger partial charge is 0.466 e. The van der Waals surface area contributed by atoms with Crippen molar-refractivity contribution in [2.45, 2.75) is 6.92 Å². The molecule has 24 heavy (non-hydrogen) atoms. The maximum absolute atomic E-state index is 11.7. The maximum atomic E-state index is 11.7. The minimum atomic E-state index is -0.685. The number of anilines is 1. The fourth-order valence-electron chi connectivity index (χ4n) is 1.92. The summed E-state index contributed by atoms with van der Waals surface area (Å²) in [6, 6.07) is 8.73. The molecule has 0 aliphatic heterocycles. The molecule has 2 aromatic rings. The number of methoxy groups -OCH3 is 2. The van der Waals surface area contributed by atoms with Crippen LogP contribution >= 0.6 is 11.6 Å². The fraction of sp³-hybridized carbons (Fsp3) is 0.188. The summed E-state index contributed by atoms with van der Waals surface area (Å²) >= 11 is 6.10. The molecule has 126 valence electrons. The molecular weight excluding hydrogens is 334 g/mol.